The zero-order valence-corrected chi connectivity index (χ0v) is 21.3. The maximum Gasteiger partial charge on any atom is 0.283 e. The fraction of sp³-hybridized carbons (Fsp3) is 0.0833. The van der Waals surface area contributed by atoms with Crippen molar-refractivity contribution in [3.8, 4) is 0 Å². The Hall–Kier alpha value is -3.68. The van der Waals surface area contributed by atoms with Gasteiger partial charge in [0.15, 0.2) is 24.8 Å². The summed E-state index contributed by atoms with van der Waals surface area (Å²) >= 11 is 0. The zero-order valence-electron chi connectivity index (χ0n) is 19.8. The van der Waals surface area contributed by atoms with Crippen molar-refractivity contribution < 1.29 is 70.9 Å². The van der Waals surface area contributed by atoms with Crippen molar-refractivity contribution in [1.82, 2.24) is 0 Å². The number of aromatic nitrogens is 2. The van der Waals surface area contributed by atoms with Gasteiger partial charge in [-0.2, -0.15) is 9.13 Å². The average Bonchev–Trinajstić information content (AvgIpc) is 2.73. The van der Waals surface area contributed by atoms with Crippen LogP contribution in [0.25, 0.3) is 24.3 Å². The van der Waals surface area contributed by atoms with E-state index in [9.17, 15) is 9.59 Å². The Morgan fingerprint density at radius 3 is 0.946 bits per heavy atom. The summed E-state index contributed by atoms with van der Waals surface area (Å²) in [5.74, 6) is -0.729. The van der Waals surface area contributed by atoms with Crippen molar-refractivity contribution in [1.29, 1.82) is 0 Å². The van der Waals surface area contributed by atoms with Gasteiger partial charge < -0.3 is 63.7 Å². The third-order valence-corrected chi connectivity index (χ3v) is 4.38. The van der Waals surface area contributed by atoms with Crippen LogP contribution in [-0.2, 0) is 22.7 Å². The van der Waals surface area contributed by atoms with Crippen LogP contribution in [0.2, 0.25) is 0 Å². The number of nitrogens with two attached hydrogens (primary N) is 2. The van der Waals surface area contributed by atoms with Gasteiger partial charge in [-0.3, -0.25) is 9.59 Å². The topological polar surface area (TPSA) is 251 Å². The van der Waals surface area contributed by atoms with Crippen LogP contribution in [0.4, 0.5) is 0 Å². The lowest BCUT2D eigenvalue weighted by Gasteiger charge is -1.98. The molecule has 206 valence electrons. The molecule has 2 aromatic heterocycles. The molecule has 0 radical (unpaired) electrons. The quantitative estimate of drug-likeness (QED) is 0.254. The molecule has 0 saturated heterocycles. The summed E-state index contributed by atoms with van der Waals surface area (Å²) in [6.45, 7) is 0.352. The number of benzene rings is 1. The maximum absolute atomic E-state index is 10.9. The lowest BCUT2D eigenvalue weighted by Crippen LogP contribution is -3.00. The molecule has 0 bridgehead atoms. The Kier molecular flexibility index (Phi) is 25.3. The van der Waals surface area contributed by atoms with Gasteiger partial charge >= 0.3 is 0 Å². The van der Waals surface area contributed by atoms with Crippen molar-refractivity contribution in [3.05, 3.63) is 95.6 Å². The molecule has 0 spiro atoms. The first-order chi connectivity index (χ1) is 14.5. The highest BCUT2D eigenvalue weighted by Crippen LogP contribution is 2.12. The van der Waals surface area contributed by atoms with Gasteiger partial charge in [0.05, 0.1) is 0 Å². The van der Waals surface area contributed by atoms with Gasteiger partial charge in [-0.1, -0.05) is 48.6 Å². The van der Waals surface area contributed by atoms with Gasteiger partial charge in [-0.25, -0.2) is 0 Å². The van der Waals surface area contributed by atoms with E-state index in [4.69, 9.17) is 11.5 Å². The van der Waals surface area contributed by atoms with E-state index in [1.54, 1.807) is 9.13 Å². The third kappa shape index (κ3) is 15.1. The summed E-state index contributed by atoms with van der Waals surface area (Å²) in [6, 6.07) is 16.0. The molecular formula is C24H34Cl2N4O7. The second kappa shape index (κ2) is 21.6. The van der Waals surface area contributed by atoms with E-state index in [1.807, 2.05) is 73.4 Å². The number of hydrogen-bond donors (Lipinski definition) is 2. The molecule has 2 amide bonds. The first-order valence-electron chi connectivity index (χ1n) is 9.49. The van der Waals surface area contributed by atoms with E-state index in [1.165, 1.54) is 0 Å². The molecule has 0 saturated carbocycles. The minimum Gasteiger partial charge on any atom is -1.00 e. The Morgan fingerprint density at radius 2 is 0.730 bits per heavy atom. The summed E-state index contributed by atoms with van der Waals surface area (Å²) in [5.41, 5.74) is 14.6. The van der Waals surface area contributed by atoms with E-state index in [-0.39, 0.29) is 77.1 Å². The van der Waals surface area contributed by atoms with Crippen LogP contribution in [0.1, 0.15) is 22.3 Å². The number of carbonyl (C=O) groups excluding carboxylic acids is 2. The lowest BCUT2D eigenvalue weighted by molar-refractivity contribution is -0.684. The predicted molar refractivity (Wildman–Crippen MR) is 134 cm³/mol. The number of hydrogen-bond acceptors (Lipinski definition) is 2. The minimum absolute atomic E-state index is 0. The average molecular weight is 561 g/mol. The smallest absolute Gasteiger partial charge is 0.283 e. The zero-order chi connectivity index (χ0) is 21.3. The number of primary amides is 2. The van der Waals surface area contributed by atoms with E-state index < -0.39 is 0 Å². The number of halogens is 2. The molecule has 0 aliphatic heterocycles. The molecule has 13 heteroatoms. The normalized spacial score (nSPS) is 9.08. The summed E-state index contributed by atoms with van der Waals surface area (Å²) in [7, 11) is 0. The molecule has 11 nitrogen and oxygen atoms in total. The largest absolute Gasteiger partial charge is 1.00 e. The first-order valence-corrected chi connectivity index (χ1v) is 9.49. The van der Waals surface area contributed by atoms with Crippen molar-refractivity contribution in [3.63, 3.8) is 0 Å². The van der Waals surface area contributed by atoms with E-state index in [0.717, 1.165) is 22.3 Å². The van der Waals surface area contributed by atoms with Crippen LogP contribution in [0, 0.1) is 0 Å². The van der Waals surface area contributed by atoms with Crippen LogP contribution in [0.3, 0.4) is 0 Å². The molecule has 14 N–H and O–H groups in total. The minimum atomic E-state index is -0.364. The van der Waals surface area contributed by atoms with Crippen LogP contribution in [0.5, 0.6) is 0 Å². The lowest BCUT2D eigenvalue weighted by atomic mass is 10.1. The van der Waals surface area contributed by atoms with Gasteiger partial charge in [-0.05, 0) is 22.3 Å². The number of rotatable bonds is 8. The summed E-state index contributed by atoms with van der Waals surface area (Å²) < 4.78 is 3.48. The first kappa shape index (κ1) is 43.4. The van der Waals surface area contributed by atoms with Crippen LogP contribution < -0.4 is 45.4 Å². The highest BCUT2D eigenvalue weighted by molar-refractivity contribution is 5.73. The molecule has 0 atom stereocenters. The molecule has 3 rings (SSSR count). The number of amides is 2. The van der Waals surface area contributed by atoms with Crippen LogP contribution in [-0.4, -0.2) is 39.2 Å². The second-order valence-corrected chi connectivity index (χ2v) is 6.87. The predicted octanol–water partition coefficient (Wildman–Crippen LogP) is -8.54. The number of pyridine rings is 2. The van der Waals surface area contributed by atoms with Gasteiger partial charge in [0.1, 0.15) is 0 Å². The van der Waals surface area contributed by atoms with Gasteiger partial charge in [0.2, 0.25) is 13.1 Å². The molecular weight excluding hydrogens is 527 g/mol. The highest BCUT2D eigenvalue weighted by Gasteiger charge is 2.04. The summed E-state index contributed by atoms with van der Waals surface area (Å²) in [6.07, 6.45) is 15.4. The second-order valence-electron chi connectivity index (χ2n) is 6.87. The molecule has 37 heavy (non-hydrogen) atoms. The molecule has 0 aliphatic carbocycles. The summed E-state index contributed by atoms with van der Waals surface area (Å²) in [5, 5.41) is 0. The van der Waals surface area contributed by atoms with Gasteiger partial charge in [0, 0.05) is 24.3 Å². The van der Waals surface area contributed by atoms with Crippen molar-refractivity contribution in [2.45, 2.75) is 13.1 Å². The van der Waals surface area contributed by atoms with Crippen molar-refractivity contribution in [2.24, 2.45) is 11.5 Å². The van der Waals surface area contributed by atoms with Crippen LogP contribution in [0.15, 0.2) is 73.3 Å². The fourth-order valence-corrected chi connectivity index (χ4v) is 2.83. The van der Waals surface area contributed by atoms with E-state index in [2.05, 4.69) is 24.3 Å². The van der Waals surface area contributed by atoms with E-state index >= 15 is 0 Å². The fourth-order valence-electron chi connectivity index (χ4n) is 2.83. The SMILES string of the molecule is NC(=O)C[n+]1ccc(/C=C/c2ccc(/C=C/c3cc[n+](CC(N)=O)cc3)cc2)cc1.O.O.O.O.O.[Cl-].[Cl-]. The highest BCUT2D eigenvalue weighted by atomic mass is 35.5. The number of carbonyl (C=O) groups is 2. The Bertz CT molecular complexity index is 1010. The van der Waals surface area contributed by atoms with Gasteiger partial charge in [0.25, 0.3) is 11.8 Å². The number of nitrogens with zero attached hydrogens (tertiary/aromatic N) is 2. The third-order valence-electron chi connectivity index (χ3n) is 4.38. The molecule has 2 heterocycles. The Balaban J connectivity index is -0.000000488. The van der Waals surface area contributed by atoms with Crippen LogP contribution >= 0.6 is 0 Å². The monoisotopic (exact) mass is 560 g/mol. The Morgan fingerprint density at radius 1 is 0.514 bits per heavy atom. The van der Waals surface area contributed by atoms with Gasteiger partial charge in [-0.15, -0.1) is 0 Å². The molecule has 0 aliphatic rings. The molecule has 1 aromatic carbocycles. The van der Waals surface area contributed by atoms with Crippen molar-refractivity contribution in [2.75, 3.05) is 0 Å². The molecule has 0 fully saturated rings. The summed E-state index contributed by atoms with van der Waals surface area (Å²) in [4.78, 5) is 21.9. The maximum atomic E-state index is 10.9. The Labute approximate surface area is 227 Å². The van der Waals surface area contributed by atoms with Crippen molar-refractivity contribution >= 4 is 36.1 Å². The standard InChI is InChI=1S/C24H22N4O2.2ClH.5H2O/c25-23(29)17-27-13-9-21(10-14-27)7-5-19-1-2-20(4-3-19)6-8-22-11-15-28(16-12-22)18-24(26)30;;;;;;;/h1-16H,17-18H2,(H2-2,25,26,29,30);2*1H;5*1H2/b7-5+,8-6+;;;;;;;. The van der Waals surface area contributed by atoms with E-state index in [0.29, 0.717) is 0 Å². The molecule has 3 aromatic rings. The molecule has 0 unspecified atom stereocenters.